The van der Waals surface area contributed by atoms with E-state index < -0.39 is 11.6 Å². The Morgan fingerprint density at radius 2 is 1.95 bits per heavy atom. The number of hydrogen-bond acceptors (Lipinski definition) is 2. The molecule has 1 saturated heterocycles. The largest absolute Gasteiger partial charge is 0.341 e. The van der Waals surface area contributed by atoms with Crippen LogP contribution < -0.4 is 5.73 Å². The van der Waals surface area contributed by atoms with Crippen molar-refractivity contribution in [2.24, 2.45) is 11.7 Å². The molecule has 0 spiro atoms. The Hall–Kier alpha value is -1.20. The maximum absolute atomic E-state index is 13.7. The molecule has 1 aliphatic carbocycles. The lowest BCUT2D eigenvalue weighted by Gasteiger charge is -2.31. The first kappa shape index (κ1) is 16.2. The molecule has 2 N–H and O–H groups in total. The van der Waals surface area contributed by atoms with Gasteiger partial charge in [0.25, 0.3) is 0 Å². The predicted molar refractivity (Wildman–Crippen MR) is 78.2 cm³/mol. The molecule has 1 amide bonds. The van der Waals surface area contributed by atoms with E-state index in [0.717, 1.165) is 12.8 Å². The van der Waals surface area contributed by atoms with Crippen LogP contribution in [0.2, 0.25) is 0 Å². The normalized spacial score (nSPS) is 28.0. The quantitative estimate of drug-likeness (QED) is 0.911. The zero-order valence-electron chi connectivity index (χ0n) is 11.6. The van der Waals surface area contributed by atoms with Gasteiger partial charge in [0.1, 0.15) is 11.6 Å². The van der Waals surface area contributed by atoms with Crippen LogP contribution in [0, 0.1) is 17.6 Å². The van der Waals surface area contributed by atoms with Crippen molar-refractivity contribution in [2.45, 2.75) is 31.2 Å². The van der Waals surface area contributed by atoms with Crippen LogP contribution in [0.3, 0.4) is 0 Å². The zero-order chi connectivity index (χ0) is 14.3. The number of amides is 1. The maximum atomic E-state index is 13.7. The van der Waals surface area contributed by atoms with E-state index in [1.54, 1.807) is 4.90 Å². The minimum Gasteiger partial charge on any atom is -0.341 e. The molecule has 3 unspecified atom stereocenters. The topological polar surface area (TPSA) is 46.3 Å². The van der Waals surface area contributed by atoms with E-state index in [1.807, 2.05) is 0 Å². The van der Waals surface area contributed by atoms with Crippen LogP contribution in [-0.4, -0.2) is 29.9 Å². The van der Waals surface area contributed by atoms with Gasteiger partial charge in [0.15, 0.2) is 0 Å². The summed E-state index contributed by atoms with van der Waals surface area (Å²) in [5, 5.41) is 0. The number of halogens is 3. The third-order valence-corrected chi connectivity index (χ3v) is 4.25. The third-order valence-electron chi connectivity index (χ3n) is 4.25. The standard InChI is InChI=1S/C15H18F2N2O.ClH/c16-12-4-1-5-13(17)14(12)10-7-11(10)15(20)19-6-2-3-9(18)8-19;/h1,4-5,9-11H,2-3,6-8,18H2;1H. The molecule has 1 aromatic carbocycles. The Morgan fingerprint density at radius 3 is 2.57 bits per heavy atom. The van der Waals surface area contributed by atoms with Gasteiger partial charge >= 0.3 is 0 Å². The summed E-state index contributed by atoms with van der Waals surface area (Å²) in [6.07, 6.45) is 2.36. The molecule has 1 heterocycles. The van der Waals surface area contributed by atoms with Gasteiger partial charge in [-0.05, 0) is 31.4 Å². The lowest BCUT2D eigenvalue weighted by atomic mass is 10.0. The Kier molecular flexibility index (Phi) is 4.84. The number of nitrogens with zero attached hydrogens (tertiary/aromatic N) is 1. The summed E-state index contributed by atoms with van der Waals surface area (Å²) in [5.41, 5.74) is 5.93. The highest BCUT2D eigenvalue weighted by molar-refractivity contribution is 5.85. The van der Waals surface area contributed by atoms with E-state index in [0.29, 0.717) is 19.5 Å². The third kappa shape index (κ3) is 3.19. The number of benzene rings is 1. The predicted octanol–water partition coefficient (Wildman–Crippen LogP) is 2.44. The van der Waals surface area contributed by atoms with Crippen LogP contribution in [-0.2, 0) is 4.79 Å². The molecule has 3 rings (SSSR count). The van der Waals surface area contributed by atoms with Crippen molar-refractivity contribution in [3.63, 3.8) is 0 Å². The molecule has 0 aromatic heterocycles. The smallest absolute Gasteiger partial charge is 0.226 e. The molecule has 116 valence electrons. The number of hydrogen-bond donors (Lipinski definition) is 1. The van der Waals surface area contributed by atoms with Crippen LogP contribution >= 0.6 is 12.4 Å². The summed E-state index contributed by atoms with van der Waals surface area (Å²) in [6.45, 7) is 1.26. The van der Waals surface area contributed by atoms with Gasteiger partial charge in [-0.2, -0.15) is 0 Å². The lowest BCUT2D eigenvalue weighted by molar-refractivity contribution is -0.133. The van der Waals surface area contributed by atoms with E-state index in [2.05, 4.69) is 0 Å². The second kappa shape index (κ2) is 6.28. The number of carbonyl (C=O) groups excluding carboxylic acids is 1. The molecule has 21 heavy (non-hydrogen) atoms. The number of likely N-dealkylation sites (tertiary alicyclic amines) is 1. The van der Waals surface area contributed by atoms with Crippen molar-refractivity contribution in [3.8, 4) is 0 Å². The Balaban J connectivity index is 0.00000161. The van der Waals surface area contributed by atoms with Crippen molar-refractivity contribution >= 4 is 18.3 Å². The zero-order valence-corrected chi connectivity index (χ0v) is 12.4. The molecule has 2 fully saturated rings. The second-order valence-electron chi connectivity index (χ2n) is 5.77. The minimum atomic E-state index is -0.555. The highest BCUT2D eigenvalue weighted by Gasteiger charge is 2.48. The van der Waals surface area contributed by atoms with Crippen molar-refractivity contribution in [1.82, 2.24) is 4.90 Å². The van der Waals surface area contributed by atoms with Gasteiger partial charge in [-0.3, -0.25) is 4.79 Å². The van der Waals surface area contributed by atoms with Gasteiger partial charge in [0.05, 0.1) is 0 Å². The van der Waals surface area contributed by atoms with Gasteiger partial charge in [0, 0.05) is 36.5 Å². The van der Waals surface area contributed by atoms with Crippen LogP contribution in [0.25, 0.3) is 0 Å². The summed E-state index contributed by atoms with van der Waals surface area (Å²) < 4.78 is 27.4. The first-order valence-corrected chi connectivity index (χ1v) is 7.06. The Bertz CT molecular complexity index is 520. The van der Waals surface area contributed by atoms with Gasteiger partial charge in [0.2, 0.25) is 5.91 Å². The molecule has 1 aromatic rings. The number of rotatable bonds is 2. The molecular weight excluding hydrogens is 298 g/mol. The van der Waals surface area contributed by atoms with Crippen molar-refractivity contribution in [2.75, 3.05) is 13.1 Å². The number of carbonyl (C=O) groups is 1. The van der Waals surface area contributed by atoms with E-state index in [1.165, 1.54) is 18.2 Å². The monoisotopic (exact) mass is 316 g/mol. The lowest BCUT2D eigenvalue weighted by Crippen LogP contribution is -2.46. The average molecular weight is 317 g/mol. The van der Waals surface area contributed by atoms with E-state index >= 15 is 0 Å². The second-order valence-corrected chi connectivity index (χ2v) is 5.77. The SMILES string of the molecule is Cl.NC1CCCN(C(=O)C2CC2c2c(F)cccc2F)C1. The fourth-order valence-electron chi connectivity index (χ4n) is 3.10. The van der Waals surface area contributed by atoms with Crippen LogP contribution in [0.5, 0.6) is 0 Å². The van der Waals surface area contributed by atoms with Crippen LogP contribution in [0.15, 0.2) is 18.2 Å². The average Bonchev–Trinajstić information content (AvgIpc) is 3.18. The minimum absolute atomic E-state index is 0. The maximum Gasteiger partial charge on any atom is 0.226 e. The van der Waals surface area contributed by atoms with E-state index in [-0.39, 0.29) is 41.8 Å². The fourth-order valence-corrected chi connectivity index (χ4v) is 3.10. The van der Waals surface area contributed by atoms with Crippen LogP contribution in [0.1, 0.15) is 30.7 Å². The number of piperidine rings is 1. The van der Waals surface area contributed by atoms with Gasteiger partial charge in [-0.25, -0.2) is 8.78 Å². The Labute approximate surface area is 128 Å². The van der Waals surface area contributed by atoms with E-state index in [9.17, 15) is 13.6 Å². The first-order valence-electron chi connectivity index (χ1n) is 7.06. The van der Waals surface area contributed by atoms with Crippen molar-refractivity contribution < 1.29 is 13.6 Å². The summed E-state index contributed by atoms with van der Waals surface area (Å²) in [6, 6.07) is 3.86. The van der Waals surface area contributed by atoms with Crippen molar-refractivity contribution in [3.05, 3.63) is 35.4 Å². The highest BCUT2D eigenvalue weighted by atomic mass is 35.5. The fraction of sp³-hybridized carbons (Fsp3) is 0.533. The molecule has 0 bridgehead atoms. The molecule has 6 heteroatoms. The van der Waals surface area contributed by atoms with Gasteiger partial charge in [-0.1, -0.05) is 6.07 Å². The molecule has 1 saturated carbocycles. The van der Waals surface area contributed by atoms with Crippen LogP contribution in [0.4, 0.5) is 8.78 Å². The summed E-state index contributed by atoms with van der Waals surface area (Å²) in [5.74, 6) is -1.72. The molecule has 3 atom stereocenters. The molecule has 3 nitrogen and oxygen atoms in total. The Morgan fingerprint density at radius 1 is 1.29 bits per heavy atom. The molecule has 1 aliphatic heterocycles. The molecule has 0 radical (unpaired) electrons. The summed E-state index contributed by atoms with van der Waals surface area (Å²) in [4.78, 5) is 14.1. The highest BCUT2D eigenvalue weighted by Crippen LogP contribution is 2.50. The molecule has 2 aliphatic rings. The first-order chi connectivity index (χ1) is 9.58. The molecular formula is C15H19ClF2N2O. The van der Waals surface area contributed by atoms with E-state index in [4.69, 9.17) is 5.73 Å². The van der Waals surface area contributed by atoms with Gasteiger partial charge < -0.3 is 10.6 Å². The summed E-state index contributed by atoms with van der Waals surface area (Å²) in [7, 11) is 0. The van der Waals surface area contributed by atoms with Crippen molar-refractivity contribution in [1.29, 1.82) is 0 Å². The number of nitrogens with two attached hydrogens (primary N) is 1. The summed E-state index contributed by atoms with van der Waals surface area (Å²) >= 11 is 0. The van der Waals surface area contributed by atoms with Gasteiger partial charge in [-0.15, -0.1) is 12.4 Å².